The van der Waals surface area contributed by atoms with Crippen LogP contribution in [0.15, 0.2) is 77.6 Å². The fourth-order valence-corrected chi connectivity index (χ4v) is 4.11. The van der Waals surface area contributed by atoms with Gasteiger partial charge in [-0.05, 0) is 67.4 Å². The van der Waals surface area contributed by atoms with Gasteiger partial charge in [-0.15, -0.1) is 0 Å². The molecule has 0 aliphatic rings. The van der Waals surface area contributed by atoms with E-state index in [-0.39, 0.29) is 11.5 Å². The molecule has 180 valence electrons. The first-order valence-electron chi connectivity index (χ1n) is 11.4. The van der Waals surface area contributed by atoms with Gasteiger partial charge < -0.3 is 10.2 Å². The van der Waals surface area contributed by atoms with E-state index in [0.29, 0.717) is 39.7 Å². The summed E-state index contributed by atoms with van der Waals surface area (Å²) in [6, 6.07) is 18.7. The van der Waals surface area contributed by atoms with Crippen molar-refractivity contribution in [1.29, 1.82) is 0 Å². The van der Waals surface area contributed by atoms with Crippen molar-refractivity contribution >= 4 is 34.2 Å². The zero-order valence-electron chi connectivity index (χ0n) is 19.7. The Labute approximate surface area is 208 Å². The lowest BCUT2D eigenvalue weighted by atomic mass is 10.1. The molecule has 1 atom stereocenters. The zero-order chi connectivity index (χ0) is 25.1. The van der Waals surface area contributed by atoms with Crippen LogP contribution < -0.4 is 10.9 Å². The largest absolute Gasteiger partial charge is 0.322 e. The predicted octanol–water partition coefficient (Wildman–Crippen LogP) is 6.43. The van der Waals surface area contributed by atoms with Crippen molar-refractivity contribution in [3.05, 3.63) is 99.8 Å². The highest BCUT2D eigenvalue weighted by molar-refractivity contribution is 6.30. The molecule has 4 rings (SSSR count). The Balaban J connectivity index is 1.84. The molecule has 2 amide bonds. The maximum absolute atomic E-state index is 13.7. The number of para-hydroxylation sites is 1. The summed E-state index contributed by atoms with van der Waals surface area (Å²) >= 11 is 6.08. The second-order valence-corrected chi connectivity index (χ2v) is 9.20. The van der Waals surface area contributed by atoms with Gasteiger partial charge in [-0.25, -0.2) is 14.2 Å². The van der Waals surface area contributed by atoms with Gasteiger partial charge in [0.2, 0.25) is 0 Å². The number of amides is 2. The number of benzene rings is 3. The van der Waals surface area contributed by atoms with E-state index in [1.807, 2.05) is 26.8 Å². The van der Waals surface area contributed by atoms with E-state index < -0.39 is 17.9 Å². The molecule has 0 bridgehead atoms. The third kappa shape index (κ3) is 5.35. The van der Waals surface area contributed by atoms with Crippen molar-refractivity contribution in [2.75, 3.05) is 11.9 Å². The Morgan fingerprint density at radius 2 is 1.77 bits per heavy atom. The van der Waals surface area contributed by atoms with E-state index in [4.69, 9.17) is 16.6 Å². The Morgan fingerprint density at radius 1 is 1.06 bits per heavy atom. The molecule has 0 saturated heterocycles. The first-order valence-corrected chi connectivity index (χ1v) is 11.7. The van der Waals surface area contributed by atoms with Gasteiger partial charge in [0.1, 0.15) is 11.6 Å². The molecule has 1 aromatic heterocycles. The van der Waals surface area contributed by atoms with Crippen molar-refractivity contribution in [2.45, 2.75) is 26.8 Å². The normalized spacial score (nSPS) is 12.1. The lowest BCUT2D eigenvalue weighted by molar-refractivity contribution is 0.179. The summed E-state index contributed by atoms with van der Waals surface area (Å²) < 4.78 is 15.2. The monoisotopic (exact) mass is 492 g/mol. The third-order valence-corrected chi connectivity index (χ3v) is 5.88. The number of halogens is 2. The second-order valence-electron chi connectivity index (χ2n) is 8.77. The molecule has 0 spiro atoms. The number of carbonyl (C=O) groups excluding carboxylic acids is 1. The molecule has 1 N–H and O–H groups in total. The average molecular weight is 493 g/mol. The fraction of sp³-hybridized carbons (Fsp3) is 0.222. The van der Waals surface area contributed by atoms with Crippen LogP contribution in [0.25, 0.3) is 16.6 Å². The minimum absolute atomic E-state index is 0.131. The predicted molar refractivity (Wildman–Crippen MR) is 138 cm³/mol. The van der Waals surface area contributed by atoms with Gasteiger partial charge in [0.15, 0.2) is 0 Å². The van der Waals surface area contributed by atoms with Crippen LogP contribution in [0.2, 0.25) is 5.02 Å². The maximum atomic E-state index is 13.7. The molecule has 0 radical (unpaired) electrons. The van der Waals surface area contributed by atoms with Gasteiger partial charge in [-0.2, -0.15) is 0 Å². The Hall–Kier alpha value is -3.71. The lowest BCUT2D eigenvalue weighted by Gasteiger charge is -2.32. The van der Waals surface area contributed by atoms with E-state index >= 15 is 0 Å². The Morgan fingerprint density at radius 3 is 2.46 bits per heavy atom. The summed E-state index contributed by atoms with van der Waals surface area (Å²) in [5.41, 5.74) is 1.24. The number of carbonyl (C=O) groups is 1. The molecule has 4 aromatic rings. The minimum atomic E-state index is -0.584. The van der Waals surface area contributed by atoms with Gasteiger partial charge in [0.25, 0.3) is 5.56 Å². The van der Waals surface area contributed by atoms with Gasteiger partial charge in [0.05, 0.1) is 22.6 Å². The van der Waals surface area contributed by atoms with Crippen molar-refractivity contribution < 1.29 is 9.18 Å². The van der Waals surface area contributed by atoms with Crippen LogP contribution >= 0.6 is 11.6 Å². The van der Waals surface area contributed by atoms with E-state index in [0.717, 1.165) is 0 Å². The summed E-state index contributed by atoms with van der Waals surface area (Å²) in [5.74, 6) is 0.0944. The summed E-state index contributed by atoms with van der Waals surface area (Å²) in [4.78, 5) is 33.4. The summed E-state index contributed by atoms with van der Waals surface area (Å²) in [6.45, 7) is 6.21. The highest BCUT2D eigenvalue weighted by atomic mass is 35.5. The number of anilines is 1. The Bertz CT molecular complexity index is 1420. The smallest absolute Gasteiger partial charge is 0.314 e. The number of fused-ring (bicyclic) bond motifs is 1. The number of rotatable bonds is 6. The van der Waals surface area contributed by atoms with Crippen LogP contribution in [-0.2, 0) is 0 Å². The second kappa shape index (κ2) is 10.3. The highest BCUT2D eigenvalue weighted by Crippen LogP contribution is 2.25. The molecule has 0 aliphatic carbocycles. The number of aromatic nitrogens is 2. The maximum Gasteiger partial charge on any atom is 0.322 e. The Kier molecular flexibility index (Phi) is 7.17. The molecule has 0 saturated carbocycles. The number of hydrogen-bond donors (Lipinski definition) is 1. The number of urea groups is 1. The SMILES string of the molecule is CC(C)CN(C(=O)Nc1cccc(F)c1)C(C)c1nc2ccccc2c(=O)n1-c1ccc(Cl)cc1. The van der Waals surface area contributed by atoms with Crippen LogP contribution in [0.5, 0.6) is 0 Å². The van der Waals surface area contributed by atoms with Gasteiger partial charge >= 0.3 is 6.03 Å². The summed E-state index contributed by atoms with van der Waals surface area (Å²) in [5, 5.41) is 3.78. The number of nitrogens with zero attached hydrogens (tertiary/aromatic N) is 3. The first-order chi connectivity index (χ1) is 16.7. The van der Waals surface area contributed by atoms with Crippen molar-refractivity contribution in [3.63, 3.8) is 0 Å². The minimum Gasteiger partial charge on any atom is -0.314 e. The summed E-state index contributed by atoms with van der Waals surface area (Å²) in [6.07, 6.45) is 0. The molecular formula is C27H26ClFN4O2. The van der Waals surface area contributed by atoms with E-state index in [1.165, 1.54) is 22.8 Å². The van der Waals surface area contributed by atoms with Gasteiger partial charge in [-0.3, -0.25) is 9.36 Å². The van der Waals surface area contributed by atoms with Crippen LogP contribution in [0.3, 0.4) is 0 Å². The quantitative estimate of drug-likeness (QED) is 0.337. The molecule has 1 heterocycles. The zero-order valence-corrected chi connectivity index (χ0v) is 20.5. The van der Waals surface area contributed by atoms with Gasteiger partial charge in [0, 0.05) is 17.3 Å². The molecule has 0 aliphatic heterocycles. The molecule has 8 heteroatoms. The van der Waals surface area contributed by atoms with Crippen LogP contribution in [-0.4, -0.2) is 27.0 Å². The highest BCUT2D eigenvalue weighted by Gasteiger charge is 2.27. The van der Waals surface area contributed by atoms with Crippen molar-refractivity contribution in [1.82, 2.24) is 14.5 Å². The molecule has 3 aromatic carbocycles. The van der Waals surface area contributed by atoms with Crippen LogP contribution in [0.4, 0.5) is 14.9 Å². The van der Waals surface area contributed by atoms with E-state index in [9.17, 15) is 14.0 Å². The van der Waals surface area contributed by atoms with Gasteiger partial charge in [-0.1, -0.05) is 43.6 Å². The molecule has 35 heavy (non-hydrogen) atoms. The third-order valence-electron chi connectivity index (χ3n) is 5.63. The van der Waals surface area contributed by atoms with Crippen molar-refractivity contribution in [2.24, 2.45) is 5.92 Å². The first kappa shape index (κ1) is 24.4. The molecule has 6 nitrogen and oxygen atoms in total. The summed E-state index contributed by atoms with van der Waals surface area (Å²) in [7, 11) is 0. The molecular weight excluding hydrogens is 467 g/mol. The number of nitrogens with one attached hydrogen (secondary N) is 1. The average Bonchev–Trinajstić information content (AvgIpc) is 2.83. The van der Waals surface area contributed by atoms with E-state index in [2.05, 4.69) is 5.32 Å². The van der Waals surface area contributed by atoms with E-state index in [1.54, 1.807) is 53.4 Å². The topological polar surface area (TPSA) is 67.2 Å². The molecule has 1 unspecified atom stereocenters. The van der Waals surface area contributed by atoms with Crippen LogP contribution in [0, 0.1) is 11.7 Å². The van der Waals surface area contributed by atoms with Crippen LogP contribution in [0.1, 0.15) is 32.6 Å². The number of hydrogen-bond acceptors (Lipinski definition) is 3. The fourth-order valence-electron chi connectivity index (χ4n) is 3.98. The standard InChI is InChI=1S/C27H26ClFN4O2/c1-17(2)16-32(27(35)30-21-8-6-7-20(29)15-21)18(3)25-31-24-10-5-4-9-23(24)26(34)33(25)22-13-11-19(28)12-14-22/h4-15,17-18H,16H2,1-3H3,(H,30,35). The molecule has 0 fully saturated rings. The van der Waals surface area contributed by atoms with Crippen molar-refractivity contribution in [3.8, 4) is 5.69 Å². The lowest BCUT2D eigenvalue weighted by Crippen LogP contribution is -2.41.